The summed E-state index contributed by atoms with van der Waals surface area (Å²) in [7, 11) is 0. The highest BCUT2D eigenvalue weighted by Gasteiger charge is 2.35. The maximum Gasteiger partial charge on any atom is 0.269 e. The van der Waals surface area contributed by atoms with Gasteiger partial charge in [0, 0.05) is 42.2 Å². The molecule has 4 heterocycles. The normalized spacial score (nSPS) is 19.8. The second-order valence-electron chi connectivity index (χ2n) is 11.2. The third-order valence-electron chi connectivity index (χ3n) is 8.11. The summed E-state index contributed by atoms with van der Waals surface area (Å²) in [5, 5.41) is 9.91. The molecular formula is C33H30F2N6O4. The van der Waals surface area contributed by atoms with E-state index in [9.17, 15) is 14.0 Å². The number of hydrogen-bond donors (Lipinski definition) is 2. The summed E-state index contributed by atoms with van der Waals surface area (Å²) in [6.45, 7) is 4.52. The summed E-state index contributed by atoms with van der Waals surface area (Å²) in [5.41, 5.74) is 1.48. The van der Waals surface area contributed by atoms with Crippen LogP contribution in [0.5, 0.6) is 5.88 Å². The molecule has 0 saturated carbocycles. The van der Waals surface area contributed by atoms with Crippen LogP contribution in [0.2, 0.25) is 0 Å². The molecule has 230 valence electrons. The van der Waals surface area contributed by atoms with Crippen LogP contribution in [0.25, 0.3) is 11.3 Å². The highest BCUT2D eigenvalue weighted by atomic mass is 19.1. The van der Waals surface area contributed by atoms with Gasteiger partial charge in [0.2, 0.25) is 12.0 Å². The van der Waals surface area contributed by atoms with Crippen molar-refractivity contribution in [1.82, 2.24) is 20.0 Å². The zero-order chi connectivity index (χ0) is 30.9. The largest absolute Gasteiger partial charge is 0.477 e. The molecule has 0 aliphatic carbocycles. The first-order valence-electron chi connectivity index (χ1n) is 14.8. The number of nitrogens with zero attached hydrogens (tertiary/aromatic N) is 4. The number of nitrogens with one attached hydrogen (secondary N) is 2. The van der Waals surface area contributed by atoms with Gasteiger partial charge in [-0.05, 0) is 18.2 Å². The molecule has 2 N–H and O–H groups in total. The Bertz CT molecular complexity index is 1790. The van der Waals surface area contributed by atoms with E-state index in [0.717, 1.165) is 19.6 Å². The first kappa shape index (κ1) is 28.8. The zero-order valence-corrected chi connectivity index (χ0v) is 24.2. The summed E-state index contributed by atoms with van der Waals surface area (Å²) in [6, 6.07) is 19.5. The lowest BCUT2D eigenvalue weighted by Crippen LogP contribution is -2.43. The van der Waals surface area contributed by atoms with Crippen LogP contribution in [0.1, 0.15) is 21.5 Å². The molecule has 1 unspecified atom stereocenters. The van der Waals surface area contributed by atoms with E-state index in [4.69, 9.17) is 9.47 Å². The van der Waals surface area contributed by atoms with Crippen LogP contribution in [-0.2, 0) is 16.1 Å². The predicted molar refractivity (Wildman–Crippen MR) is 162 cm³/mol. The molecule has 0 spiro atoms. The number of rotatable bonds is 6. The van der Waals surface area contributed by atoms with Crippen LogP contribution in [0.3, 0.4) is 0 Å². The number of ether oxygens (including phenoxy) is 2. The number of para-hydroxylation sites is 1. The van der Waals surface area contributed by atoms with E-state index in [-0.39, 0.29) is 34.3 Å². The van der Waals surface area contributed by atoms with Crippen molar-refractivity contribution in [1.29, 1.82) is 0 Å². The van der Waals surface area contributed by atoms with Crippen LogP contribution >= 0.6 is 0 Å². The molecule has 3 aliphatic rings. The molecule has 2 amide bonds. The lowest BCUT2D eigenvalue weighted by atomic mass is 10.0. The molecule has 7 rings (SSSR count). The number of hydrogen-bond acceptors (Lipinski definition) is 7. The molecule has 1 aromatic heterocycles. The van der Waals surface area contributed by atoms with Crippen molar-refractivity contribution in [2.75, 3.05) is 44.8 Å². The molecule has 4 aromatic rings. The Morgan fingerprint density at radius 2 is 1.69 bits per heavy atom. The predicted octanol–water partition coefficient (Wildman–Crippen LogP) is 3.71. The third kappa shape index (κ3) is 5.69. The fraction of sp³-hybridized carbons (Fsp3) is 0.273. The molecule has 2 atom stereocenters. The molecule has 10 nitrogen and oxygen atoms in total. The fourth-order valence-corrected chi connectivity index (χ4v) is 5.93. The number of benzene rings is 3. The van der Waals surface area contributed by atoms with Crippen molar-refractivity contribution in [3.8, 4) is 17.1 Å². The second-order valence-corrected chi connectivity index (χ2v) is 11.2. The molecule has 0 bridgehead atoms. The molecule has 3 aliphatic heterocycles. The van der Waals surface area contributed by atoms with Crippen molar-refractivity contribution < 1.29 is 27.8 Å². The van der Waals surface area contributed by atoms with Crippen LogP contribution < -0.4 is 15.4 Å². The first-order valence-corrected chi connectivity index (χ1v) is 14.8. The van der Waals surface area contributed by atoms with Crippen molar-refractivity contribution in [2.45, 2.75) is 12.7 Å². The van der Waals surface area contributed by atoms with Gasteiger partial charge in [0.25, 0.3) is 11.8 Å². The Hall–Kier alpha value is -4.94. The maximum atomic E-state index is 15.1. The first-order chi connectivity index (χ1) is 22.0. The lowest BCUT2D eigenvalue weighted by molar-refractivity contribution is -0.117. The van der Waals surface area contributed by atoms with Gasteiger partial charge in [0.05, 0.1) is 37.8 Å². The quantitative estimate of drug-likeness (QED) is 0.344. The Morgan fingerprint density at radius 3 is 2.49 bits per heavy atom. The highest BCUT2D eigenvalue weighted by Crippen LogP contribution is 2.35. The van der Waals surface area contributed by atoms with Crippen LogP contribution in [-0.4, -0.2) is 77.8 Å². The SMILES string of the molecule is O=C(N[C@H]1N=C(c2ccccc2)c2cccc(F)c2NC1=O)c1c(-c2ccccc2F)nn2c1OCC(CN1CCOCC1)C2. The molecule has 0 radical (unpaired) electrons. The van der Waals surface area contributed by atoms with Gasteiger partial charge in [-0.15, -0.1) is 0 Å². The lowest BCUT2D eigenvalue weighted by Gasteiger charge is -2.32. The fourth-order valence-electron chi connectivity index (χ4n) is 5.93. The number of carbonyl (C=O) groups excluding carboxylic acids is 2. The minimum Gasteiger partial charge on any atom is -0.477 e. The van der Waals surface area contributed by atoms with E-state index in [1.54, 1.807) is 47.1 Å². The highest BCUT2D eigenvalue weighted by molar-refractivity contribution is 6.20. The summed E-state index contributed by atoms with van der Waals surface area (Å²) < 4.78 is 43.2. The average molecular weight is 613 g/mol. The van der Waals surface area contributed by atoms with Gasteiger partial charge in [0.15, 0.2) is 0 Å². The second kappa shape index (κ2) is 12.2. The van der Waals surface area contributed by atoms with E-state index < -0.39 is 29.6 Å². The van der Waals surface area contributed by atoms with Crippen molar-refractivity contribution in [2.24, 2.45) is 10.9 Å². The number of amides is 2. The Morgan fingerprint density at radius 1 is 0.956 bits per heavy atom. The van der Waals surface area contributed by atoms with E-state index >= 15 is 4.39 Å². The molecule has 3 aromatic carbocycles. The molecule has 12 heteroatoms. The number of aliphatic imine (C=N–C) groups is 1. The van der Waals surface area contributed by atoms with Gasteiger partial charge in [-0.3, -0.25) is 14.5 Å². The summed E-state index contributed by atoms with van der Waals surface area (Å²) in [4.78, 5) is 34.4. The van der Waals surface area contributed by atoms with Crippen LogP contribution in [0.4, 0.5) is 14.5 Å². The molecule has 1 saturated heterocycles. The van der Waals surface area contributed by atoms with E-state index in [1.165, 1.54) is 24.3 Å². The van der Waals surface area contributed by atoms with Crippen molar-refractivity contribution in [3.05, 3.63) is 101 Å². The Balaban J connectivity index is 1.24. The Kier molecular flexibility index (Phi) is 7.82. The number of anilines is 1. The number of morpholine rings is 1. The van der Waals surface area contributed by atoms with Gasteiger partial charge in [0.1, 0.15) is 22.9 Å². The zero-order valence-electron chi connectivity index (χ0n) is 24.2. The van der Waals surface area contributed by atoms with Crippen molar-refractivity contribution >= 4 is 23.2 Å². The topological polar surface area (TPSA) is 110 Å². The minimum atomic E-state index is -1.44. The summed E-state index contributed by atoms with van der Waals surface area (Å²) in [5.74, 6) is -2.40. The standard InChI is InChI=1S/C33H30F2N6O4/c34-24-11-5-4-9-22(24)29-26(33-41(39-29)18-20(19-45-33)17-40-13-15-44-16-14-40)31(42)38-30-32(43)37-28-23(10-6-12-25(28)35)27(36-30)21-7-2-1-3-8-21/h1-12,20,30H,13-19H2,(H,37,43)(H,38,42)/t20?,30-/m1/s1. The minimum absolute atomic E-state index is 0.0119. The Labute approximate surface area is 257 Å². The number of aromatic nitrogens is 2. The molecule has 1 fully saturated rings. The molecule has 45 heavy (non-hydrogen) atoms. The third-order valence-corrected chi connectivity index (χ3v) is 8.11. The van der Waals surface area contributed by atoms with E-state index in [2.05, 4.69) is 25.6 Å². The summed E-state index contributed by atoms with van der Waals surface area (Å²) in [6.07, 6.45) is -1.44. The smallest absolute Gasteiger partial charge is 0.269 e. The van der Waals surface area contributed by atoms with Gasteiger partial charge in [-0.2, -0.15) is 5.10 Å². The maximum absolute atomic E-state index is 15.1. The number of halogens is 2. The van der Waals surface area contributed by atoms with Crippen LogP contribution in [0, 0.1) is 17.6 Å². The van der Waals surface area contributed by atoms with Gasteiger partial charge in [-0.1, -0.05) is 54.6 Å². The number of fused-ring (bicyclic) bond motifs is 2. The molecular weight excluding hydrogens is 582 g/mol. The van der Waals surface area contributed by atoms with Gasteiger partial charge < -0.3 is 20.1 Å². The van der Waals surface area contributed by atoms with Gasteiger partial charge >= 0.3 is 0 Å². The van der Waals surface area contributed by atoms with E-state index in [1.807, 2.05) is 6.07 Å². The summed E-state index contributed by atoms with van der Waals surface area (Å²) >= 11 is 0. The number of benzodiazepines with no additional fused rings is 1. The average Bonchev–Trinajstić information content (AvgIpc) is 3.37. The van der Waals surface area contributed by atoms with Crippen LogP contribution in [0.15, 0.2) is 77.8 Å². The monoisotopic (exact) mass is 612 g/mol. The van der Waals surface area contributed by atoms with Crippen molar-refractivity contribution in [3.63, 3.8) is 0 Å². The van der Waals surface area contributed by atoms with Gasteiger partial charge in [-0.25, -0.2) is 18.5 Å². The van der Waals surface area contributed by atoms with E-state index in [0.29, 0.717) is 43.2 Å². The number of carbonyl (C=O) groups is 2.